The van der Waals surface area contributed by atoms with Crippen LogP contribution in [0.25, 0.3) is 22.1 Å². The summed E-state index contributed by atoms with van der Waals surface area (Å²) in [7, 11) is 1.86. The first-order valence-electron chi connectivity index (χ1n) is 8.81. The molecular formula is C19H19FN6O. The van der Waals surface area contributed by atoms with E-state index in [2.05, 4.69) is 20.2 Å². The Morgan fingerprint density at radius 2 is 2.04 bits per heavy atom. The van der Waals surface area contributed by atoms with Gasteiger partial charge in [-0.15, -0.1) is 0 Å². The Morgan fingerprint density at radius 3 is 2.85 bits per heavy atom. The highest BCUT2D eigenvalue weighted by atomic mass is 19.1. The van der Waals surface area contributed by atoms with Crippen molar-refractivity contribution < 1.29 is 8.81 Å². The molecule has 8 heteroatoms. The Bertz CT molecular complexity index is 1140. The third-order valence-corrected chi connectivity index (χ3v) is 4.91. The molecule has 2 aromatic carbocycles. The van der Waals surface area contributed by atoms with Crippen LogP contribution in [-0.2, 0) is 13.6 Å². The molecule has 5 rings (SSSR count). The zero-order chi connectivity index (χ0) is 18.5. The van der Waals surface area contributed by atoms with Gasteiger partial charge in [0.1, 0.15) is 11.3 Å². The number of aromatic nitrogens is 3. The van der Waals surface area contributed by atoms with Crippen molar-refractivity contribution in [2.75, 3.05) is 18.4 Å². The summed E-state index contributed by atoms with van der Waals surface area (Å²) in [5, 5.41) is 3.08. The number of benzene rings is 2. The molecule has 27 heavy (non-hydrogen) atoms. The van der Waals surface area contributed by atoms with E-state index in [4.69, 9.17) is 10.2 Å². The number of hydrogen-bond acceptors (Lipinski definition) is 6. The fourth-order valence-electron chi connectivity index (χ4n) is 3.50. The lowest BCUT2D eigenvalue weighted by molar-refractivity contribution is 0.142. The second-order valence-corrected chi connectivity index (χ2v) is 7.03. The largest absolute Gasteiger partial charge is 0.423 e. The summed E-state index contributed by atoms with van der Waals surface area (Å²) >= 11 is 0. The second-order valence-electron chi connectivity index (χ2n) is 7.03. The predicted molar refractivity (Wildman–Crippen MR) is 101 cm³/mol. The maximum atomic E-state index is 13.4. The first kappa shape index (κ1) is 16.2. The highest BCUT2D eigenvalue weighted by Gasteiger charge is 2.22. The third kappa shape index (κ3) is 2.92. The third-order valence-electron chi connectivity index (χ3n) is 4.91. The van der Waals surface area contributed by atoms with Gasteiger partial charge in [0.05, 0.1) is 11.0 Å². The smallest absolute Gasteiger partial charge is 0.302 e. The summed E-state index contributed by atoms with van der Waals surface area (Å²) in [5.41, 5.74) is 9.89. The topological polar surface area (TPSA) is 85.1 Å². The maximum Gasteiger partial charge on any atom is 0.302 e. The molecule has 1 aliphatic heterocycles. The van der Waals surface area contributed by atoms with E-state index < -0.39 is 0 Å². The Labute approximate surface area is 154 Å². The average Bonchev–Trinajstić information content (AvgIpc) is 3.14. The lowest BCUT2D eigenvalue weighted by Gasteiger charge is -2.36. The Morgan fingerprint density at radius 1 is 1.19 bits per heavy atom. The van der Waals surface area contributed by atoms with Gasteiger partial charge in [-0.05, 0) is 29.8 Å². The number of hydrogen-bond donors (Lipinski definition) is 2. The van der Waals surface area contributed by atoms with Crippen molar-refractivity contribution >= 4 is 34.1 Å². The Balaban J connectivity index is 1.41. The number of imidazole rings is 1. The molecule has 0 atom stereocenters. The number of halogens is 1. The molecule has 0 unspecified atom stereocenters. The Hall–Kier alpha value is -2.97. The fraction of sp³-hybridized carbons (Fsp3) is 0.263. The van der Waals surface area contributed by atoms with Gasteiger partial charge in [-0.3, -0.25) is 10.2 Å². The number of fused-ring (bicyclic) bond motifs is 2. The lowest BCUT2D eigenvalue weighted by Crippen LogP contribution is -2.54. The van der Waals surface area contributed by atoms with Crippen LogP contribution in [0.3, 0.4) is 0 Å². The predicted octanol–water partition coefficient (Wildman–Crippen LogP) is 2.74. The van der Waals surface area contributed by atoms with Crippen LogP contribution >= 0.6 is 0 Å². The van der Waals surface area contributed by atoms with E-state index in [1.54, 1.807) is 6.07 Å². The molecule has 1 saturated heterocycles. The number of aryl methyl sites for hydroxylation is 1. The molecule has 138 valence electrons. The van der Waals surface area contributed by atoms with Crippen LogP contribution in [0.4, 0.5) is 16.4 Å². The quantitative estimate of drug-likeness (QED) is 0.578. The van der Waals surface area contributed by atoms with Crippen molar-refractivity contribution in [2.24, 2.45) is 12.8 Å². The number of oxazole rings is 1. The molecule has 0 bridgehead atoms. The Kier molecular flexibility index (Phi) is 3.63. The zero-order valence-corrected chi connectivity index (χ0v) is 14.8. The van der Waals surface area contributed by atoms with Crippen molar-refractivity contribution in [1.82, 2.24) is 19.4 Å². The van der Waals surface area contributed by atoms with Gasteiger partial charge in [0.25, 0.3) is 0 Å². The molecule has 0 radical (unpaired) electrons. The summed E-state index contributed by atoms with van der Waals surface area (Å²) in [5.74, 6) is 0.224. The minimum absolute atomic E-state index is 0.290. The molecule has 7 nitrogen and oxygen atoms in total. The summed E-state index contributed by atoms with van der Waals surface area (Å²) in [6.07, 6.45) is 0. The SMILES string of the molecule is Cn1c(Nc2nc3cc(CN4CC(N)C4)ccc3o2)nc2cc(F)ccc21. The van der Waals surface area contributed by atoms with Gasteiger partial charge in [-0.1, -0.05) is 6.07 Å². The highest BCUT2D eigenvalue weighted by Crippen LogP contribution is 2.26. The highest BCUT2D eigenvalue weighted by molar-refractivity contribution is 5.80. The van der Waals surface area contributed by atoms with Crippen molar-refractivity contribution in [3.05, 3.63) is 47.8 Å². The number of anilines is 2. The second kappa shape index (κ2) is 6.04. The molecule has 3 N–H and O–H groups in total. The number of nitrogens with two attached hydrogens (primary N) is 1. The molecule has 0 aliphatic carbocycles. The summed E-state index contributed by atoms with van der Waals surface area (Å²) in [4.78, 5) is 11.2. The summed E-state index contributed by atoms with van der Waals surface area (Å²) in [6.45, 7) is 2.71. The summed E-state index contributed by atoms with van der Waals surface area (Å²) in [6, 6.07) is 11.2. The van der Waals surface area contributed by atoms with Crippen molar-refractivity contribution in [1.29, 1.82) is 0 Å². The fourth-order valence-corrected chi connectivity index (χ4v) is 3.50. The van der Waals surface area contributed by atoms with Gasteiger partial charge >= 0.3 is 6.01 Å². The van der Waals surface area contributed by atoms with Gasteiger partial charge in [-0.2, -0.15) is 4.98 Å². The van der Waals surface area contributed by atoms with E-state index in [1.165, 1.54) is 17.7 Å². The molecule has 1 aliphatic rings. The van der Waals surface area contributed by atoms with E-state index in [0.29, 0.717) is 29.1 Å². The van der Waals surface area contributed by atoms with Crippen LogP contribution < -0.4 is 11.1 Å². The molecule has 0 amide bonds. The van der Waals surface area contributed by atoms with E-state index in [-0.39, 0.29) is 5.82 Å². The molecule has 4 aromatic rings. The first-order valence-corrected chi connectivity index (χ1v) is 8.81. The van der Waals surface area contributed by atoms with Gasteiger partial charge in [-0.25, -0.2) is 9.37 Å². The van der Waals surface area contributed by atoms with Crippen LogP contribution in [0.15, 0.2) is 40.8 Å². The molecule has 0 saturated carbocycles. The maximum absolute atomic E-state index is 13.4. The van der Waals surface area contributed by atoms with Gasteiger partial charge in [0, 0.05) is 38.8 Å². The standard InChI is InChI=1S/C19H19FN6O/c1-25-16-4-3-12(20)7-14(16)22-18(25)24-19-23-15-6-11(2-5-17(15)27-19)8-26-9-13(21)10-26/h2-7,13H,8-10,21H2,1H3,(H,22,23,24). The molecule has 1 fully saturated rings. The summed E-state index contributed by atoms with van der Waals surface area (Å²) < 4.78 is 21.0. The van der Waals surface area contributed by atoms with Crippen LogP contribution in [0, 0.1) is 5.82 Å². The van der Waals surface area contributed by atoms with Gasteiger partial charge in [0.2, 0.25) is 5.95 Å². The van der Waals surface area contributed by atoms with Crippen molar-refractivity contribution in [3.8, 4) is 0 Å². The minimum Gasteiger partial charge on any atom is -0.423 e. The first-order chi connectivity index (χ1) is 13.0. The normalized spacial score (nSPS) is 15.5. The number of nitrogens with zero attached hydrogens (tertiary/aromatic N) is 4. The zero-order valence-electron chi connectivity index (χ0n) is 14.8. The van der Waals surface area contributed by atoms with Crippen LogP contribution in [0.5, 0.6) is 0 Å². The van der Waals surface area contributed by atoms with Crippen molar-refractivity contribution in [3.63, 3.8) is 0 Å². The van der Waals surface area contributed by atoms with Gasteiger partial charge < -0.3 is 14.7 Å². The van der Waals surface area contributed by atoms with Crippen molar-refractivity contribution in [2.45, 2.75) is 12.6 Å². The van der Waals surface area contributed by atoms with Gasteiger partial charge in [0.15, 0.2) is 5.58 Å². The molecular weight excluding hydrogens is 347 g/mol. The van der Waals surface area contributed by atoms with E-state index in [1.807, 2.05) is 29.8 Å². The average molecular weight is 366 g/mol. The number of rotatable bonds is 4. The van der Waals surface area contributed by atoms with E-state index in [0.717, 1.165) is 30.7 Å². The number of likely N-dealkylation sites (tertiary alicyclic amines) is 1. The van der Waals surface area contributed by atoms with Crippen LogP contribution in [0.2, 0.25) is 0 Å². The van der Waals surface area contributed by atoms with Crippen LogP contribution in [-0.4, -0.2) is 38.6 Å². The van der Waals surface area contributed by atoms with Crippen LogP contribution in [0.1, 0.15) is 5.56 Å². The monoisotopic (exact) mass is 366 g/mol. The van der Waals surface area contributed by atoms with E-state index >= 15 is 0 Å². The lowest BCUT2D eigenvalue weighted by atomic mass is 10.1. The molecule has 0 spiro atoms. The van der Waals surface area contributed by atoms with E-state index in [9.17, 15) is 4.39 Å². The number of nitrogens with one attached hydrogen (secondary N) is 1. The minimum atomic E-state index is -0.315. The molecule has 3 heterocycles. The molecule has 2 aromatic heterocycles.